The maximum Gasteiger partial charge on any atom is 0.510 e. The summed E-state index contributed by atoms with van der Waals surface area (Å²) in [5, 5.41) is 1.21. The zero-order chi connectivity index (χ0) is 34.7. The zero-order valence-electron chi connectivity index (χ0n) is 29.6. The molecular formula is C38H55Cl2N3O5. The Balaban J connectivity index is 1.18. The first-order chi connectivity index (χ1) is 22.9. The number of halogens is 2. The number of rotatable bonds is 17. The summed E-state index contributed by atoms with van der Waals surface area (Å²) in [6.45, 7) is 16.8. The molecule has 2 heterocycles. The number of anilines is 2. The number of hydrogen-bond acceptors (Lipinski definition) is 7. The second-order valence-electron chi connectivity index (χ2n) is 14.4. The van der Waals surface area contributed by atoms with E-state index >= 15 is 0 Å². The number of hydrogen-bond donors (Lipinski definition) is 0. The predicted molar refractivity (Wildman–Crippen MR) is 196 cm³/mol. The van der Waals surface area contributed by atoms with E-state index in [0.29, 0.717) is 41.9 Å². The molecule has 2 aromatic rings. The van der Waals surface area contributed by atoms with Gasteiger partial charge in [-0.05, 0) is 79.7 Å². The summed E-state index contributed by atoms with van der Waals surface area (Å²) in [5.74, 6) is 0.620. The van der Waals surface area contributed by atoms with Gasteiger partial charge in [0, 0.05) is 38.7 Å². The number of ether oxygens (including phenoxy) is 3. The molecule has 8 nitrogen and oxygen atoms in total. The summed E-state index contributed by atoms with van der Waals surface area (Å²) < 4.78 is 17.0. The van der Waals surface area contributed by atoms with Crippen molar-refractivity contribution in [2.45, 2.75) is 92.4 Å². The van der Waals surface area contributed by atoms with Crippen molar-refractivity contribution in [1.29, 1.82) is 0 Å². The van der Waals surface area contributed by atoms with Gasteiger partial charge in [-0.1, -0.05) is 82.8 Å². The molecule has 0 spiro atoms. The zero-order valence-corrected chi connectivity index (χ0v) is 31.1. The lowest BCUT2D eigenvalue weighted by Gasteiger charge is -2.37. The molecule has 1 amide bonds. The molecule has 0 N–H and O–H groups in total. The van der Waals surface area contributed by atoms with Gasteiger partial charge in [-0.2, -0.15) is 0 Å². The Morgan fingerprint density at radius 2 is 1.67 bits per heavy atom. The average Bonchev–Trinajstić information content (AvgIpc) is 3.05. The van der Waals surface area contributed by atoms with E-state index in [1.54, 1.807) is 0 Å². The maximum absolute atomic E-state index is 12.9. The summed E-state index contributed by atoms with van der Waals surface area (Å²) in [7, 11) is 0. The van der Waals surface area contributed by atoms with Crippen LogP contribution in [0.25, 0.3) is 0 Å². The van der Waals surface area contributed by atoms with Gasteiger partial charge in [0.1, 0.15) is 5.75 Å². The van der Waals surface area contributed by atoms with E-state index in [1.807, 2.05) is 36.4 Å². The van der Waals surface area contributed by atoms with Crippen LogP contribution in [0, 0.1) is 10.8 Å². The first-order valence-electron chi connectivity index (χ1n) is 17.7. The summed E-state index contributed by atoms with van der Waals surface area (Å²) >= 11 is 12.6. The highest BCUT2D eigenvalue weighted by atomic mass is 35.5. The van der Waals surface area contributed by atoms with Gasteiger partial charge in [-0.25, -0.2) is 4.79 Å². The molecule has 10 heteroatoms. The van der Waals surface area contributed by atoms with Crippen LogP contribution in [0.3, 0.4) is 0 Å². The first-order valence-corrected chi connectivity index (χ1v) is 18.5. The largest absolute Gasteiger partial charge is 0.510 e. The normalized spacial score (nSPS) is 16.8. The number of nitrogens with zero attached hydrogens (tertiary/aromatic N) is 3. The van der Waals surface area contributed by atoms with Crippen LogP contribution in [-0.2, 0) is 20.7 Å². The van der Waals surface area contributed by atoms with Crippen molar-refractivity contribution >= 4 is 46.6 Å². The Kier molecular flexibility index (Phi) is 14.2. The van der Waals surface area contributed by atoms with Gasteiger partial charge in [0.2, 0.25) is 5.91 Å². The fourth-order valence-electron chi connectivity index (χ4n) is 7.18. The minimum Gasteiger partial charge on any atom is -0.494 e. The minimum absolute atomic E-state index is 0.0816. The lowest BCUT2D eigenvalue weighted by molar-refractivity contribution is -0.119. The fourth-order valence-corrected chi connectivity index (χ4v) is 7.59. The van der Waals surface area contributed by atoms with Crippen molar-refractivity contribution in [2.75, 3.05) is 62.5 Å². The Morgan fingerprint density at radius 1 is 0.896 bits per heavy atom. The van der Waals surface area contributed by atoms with Crippen LogP contribution in [0.1, 0.15) is 91.5 Å². The molecule has 0 aliphatic carbocycles. The van der Waals surface area contributed by atoms with E-state index in [1.165, 1.54) is 11.3 Å². The molecule has 2 aliphatic heterocycles. The molecule has 1 saturated heterocycles. The molecule has 1 atom stereocenters. The highest BCUT2D eigenvalue weighted by molar-refractivity contribution is 6.43. The van der Waals surface area contributed by atoms with Crippen molar-refractivity contribution in [3.05, 3.63) is 52.0 Å². The monoisotopic (exact) mass is 703 g/mol. The van der Waals surface area contributed by atoms with Crippen LogP contribution in [-0.4, -0.2) is 69.6 Å². The highest BCUT2D eigenvalue weighted by Gasteiger charge is 2.31. The van der Waals surface area contributed by atoms with Crippen LogP contribution in [0.15, 0.2) is 36.4 Å². The number of carbonyl (C=O) groups excluding carboxylic acids is 2. The molecule has 266 valence electrons. The number of amides is 1. The number of unbranched alkanes of at least 4 members (excludes halogenated alkanes) is 1. The number of aryl methyl sites for hydroxylation is 1. The van der Waals surface area contributed by atoms with E-state index in [4.69, 9.17) is 37.4 Å². The smallest absolute Gasteiger partial charge is 0.494 e. The van der Waals surface area contributed by atoms with Crippen molar-refractivity contribution in [3.8, 4) is 5.75 Å². The third-order valence-electron chi connectivity index (χ3n) is 9.96. The van der Waals surface area contributed by atoms with Gasteiger partial charge in [0.25, 0.3) is 0 Å². The van der Waals surface area contributed by atoms with Gasteiger partial charge >= 0.3 is 6.16 Å². The number of piperazine rings is 1. The van der Waals surface area contributed by atoms with Gasteiger partial charge in [0.15, 0.2) is 6.73 Å². The average molecular weight is 705 g/mol. The summed E-state index contributed by atoms with van der Waals surface area (Å²) in [6, 6.07) is 11.6. The van der Waals surface area contributed by atoms with Crippen molar-refractivity contribution < 1.29 is 23.8 Å². The summed E-state index contributed by atoms with van der Waals surface area (Å²) in [6.07, 6.45) is 7.40. The fraction of sp³-hybridized carbons (Fsp3) is 0.632. The molecule has 0 aromatic heterocycles. The van der Waals surface area contributed by atoms with Crippen LogP contribution in [0.4, 0.5) is 16.2 Å². The standard InChI is InChI=1S/C38H55Cl2N3O5/c1-6-17-37(3,4)27-38(5,7-2)18-25-47-36(45)48-28-43-33-26-30(15-13-29(33)14-16-34(43)44)46-24-9-8-19-41-20-22-42(23-21-41)32-12-10-11-31(39)35(32)40/h10-13,15,26H,6-9,14,16-25,27-28H2,1-5H3. The summed E-state index contributed by atoms with van der Waals surface area (Å²) in [5.41, 5.74) is 3.09. The van der Waals surface area contributed by atoms with Crippen LogP contribution >= 0.6 is 23.2 Å². The quantitative estimate of drug-likeness (QED) is 0.120. The molecule has 4 rings (SSSR count). The molecule has 0 saturated carbocycles. The topological polar surface area (TPSA) is 71.5 Å². The number of benzene rings is 2. The molecule has 0 radical (unpaired) electrons. The third-order valence-corrected chi connectivity index (χ3v) is 10.8. The van der Waals surface area contributed by atoms with E-state index in [2.05, 4.69) is 44.4 Å². The molecule has 2 aromatic carbocycles. The lowest BCUT2D eigenvalue weighted by atomic mass is 9.69. The van der Waals surface area contributed by atoms with Gasteiger partial charge < -0.3 is 19.1 Å². The first kappa shape index (κ1) is 38.1. The van der Waals surface area contributed by atoms with Crippen LogP contribution < -0.4 is 14.5 Å². The molecule has 2 aliphatic rings. The number of carbonyl (C=O) groups is 2. The second kappa shape index (κ2) is 17.8. The Morgan fingerprint density at radius 3 is 2.40 bits per heavy atom. The number of fused-ring (bicyclic) bond motifs is 1. The molecule has 0 bridgehead atoms. The molecule has 1 fully saturated rings. The van der Waals surface area contributed by atoms with Crippen molar-refractivity contribution in [2.24, 2.45) is 10.8 Å². The van der Waals surface area contributed by atoms with Gasteiger partial charge in [-0.3, -0.25) is 14.6 Å². The van der Waals surface area contributed by atoms with Crippen molar-refractivity contribution in [3.63, 3.8) is 0 Å². The third kappa shape index (κ3) is 10.9. The Labute approximate surface area is 298 Å². The second-order valence-corrected chi connectivity index (χ2v) is 15.2. The lowest BCUT2D eigenvalue weighted by Crippen LogP contribution is -2.46. The molecule has 48 heavy (non-hydrogen) atoms. The van der Waals surface area contributed by atoms with Gasteiger partial charge in [-0.15, -0.1) is 0 Å². The SMILES string of the molecule is CCCC(C)(C)CC(C)(CC)CCOC(=O)OCN1C(=O)CCc2ccc(OCCCCN3CCN(c4cccc(Cl)c4Cl)CC3)cc21. The van der Waals surface area contributed by atoms with Crippen molar-refractivity contribution in [1.82, 2.24) is 4.90 Å². The minimum atomic E-state index is -0.747. The van der Waals surface area contributed by atoms with E-state index in [0.717, 1.165) is 88.2 Å². The highest BCUT2D eigenvalue weighted by Crippen LogP contribution is 2.41. The Hall–Kier alpha value is -2.68. The van der Waals surface area contributed by atoms with Crippen LogP contribution in [0.5, 0.6) is 5.75 Å². The van der Waals surface area contributed by atoms with Gasteiger partial charge in [0.05, 0.1) is 34.6 Å². The summed E-state index contributed by atoms with van der Waals surface area (Å²) in [4.78, 5) is 31.7. The molecule has 1 unspecified atom stereocenters. The van der Waals surface area contributed by atoms with Crippen LogP contribution in [0.2, 0.25) is 10.0 Å². The van der Waals surface area contributed by atoms with E-state index in [9.17, 15) is 9.59 Å². The van der Waals surface area contributed by atoms with E-state index in [-0.39, 0.29) is 23.5 Å². The maximum atomic E-state index is 12.9. The van der Waals surface area contributed by atoms with E-state index < -0.39 is 6.16 Å². The predicted octanol–water partition coefficient (Wildman–Crippen LogP) is 9.39. The Bertz CT molecular complexity index is 1360. The molecular weight excluding hydrogens is 649 g/mol.